The zero-order chi connectivity index (χ0) is 19.8. The Balaban J connectivity index is 1.76. The summed E-state index contributed by atoms with van der Waals surface area (Å²) in [6.45, 7) is 2.45. The summed E-state index contributed by atoms with van der Waals surface area (Å²) >= 11 is 6.37. The number of nitrogens with zero attached hydrogens (tertiary/aromatic N) is 6. The van der Waals surface area contributed by atoms with Crippen molar-refractivity contribution in [2.75, 3.05) is 5.01 Å². The minimum absolute atomic E-state index is 0.518. The quantitative estimate of drug-likeness (QED) is 0.511. The molecule has 29 heavy (non-hydrogen) atoms. The molecule has 4 aromatic rings. The average molecular weight is 401 g/mol. The molecule has 0 N–H and O–H groups in total. The van der Waals surface area contributed by atoms with Gasteiger partial charge in [-0.05, 0) is 36.8 Å². The predicted molar refractivity (Wildman–Crippen MR) is 114 cm³/mol. The van der Waals surface area contributed by atoms with Gasteiger partial charge in [0, 0.05) is 28.5 Å². The van der Waals surface area contributed by atoms with Crippen LogP contribution in [0.2, 0.25) is 5.02 Å². The van der Waals surface area contributed by atoms with Crippen molar-refractivity contribution < 1.29 is 0 Å². The second-order valence-corrected chi connectivity index (χ2v) is 7.21. The van der Waals surface area contributed by atoms with Gasteiger partial charge in [-0.15, -0.1) is 10.2 Å². The van der Waals surface area contributed by atoms with Crippen LogP contribution in [0.3, 0.4) is 0 Å². The third-order valence-corrected chi connectivity index (χ3v) is 5.05. The van der Waals surface area contributed by atoms with Crippen LogP contribution >= 0.6 is 11.6 Å². The van der Waals surface area contributed by atoms with Gasteiger partial charge in [0.1, 0.15) is 11.5 Å². The van der Waals surface area contributed by atoms with Gasteiger partial charge in [-0.25, -0.2) is 5.01 Å². The Hall–Kier alpha value is -3.51. The molecular formula is C22H17ClN6. The van der Waals surface area contributed by atoms with Crippen molar-refractivity contribution in [1.29, 1.82) is 0 Å². The van der Waals surface area contributed by atoms with Gasteiger partial charge in [0.05, 0.1) is 12.2 Å². The van der Waals surface area contributed by atoms with Crippen molar-refractivity contribution in [3.05, 3.63) is 101 Å². The van der Waals surface area contributed by atoms with E-state index in [2.05, 4.69) is 15.2 Å². The van der Waals surface area contributed by atoms with E-state index in [-0.39, 0.29) is 0 Å². The van der Waals surface area contributed by atoms with Gasteiger partial charge in [0.25, 0.3) is 5.95 Å². The molecule has 6 nitrogen and oxygen atoms in total. The third-order valence-electron chi connectivity index (χ3n) is 4.82. The molecule has 0 spiro atoms. The van der Waals surface area contributed by atoms with Crippen LogP contribution in [0.1, 0.15) is 22.5 Å². The molecule has 0 fully saturated rings. The minimum Gasteiger partial charge on any atom is -0.264 e. The van der Waals surface area contributed by atoms with E-state index < -0.39 is 0 Å². The van der Waals surface area contributed by atoms with E-state index in [9.17, 15) is 0 Å². The van der Waals surface area contributed by atoms with E-state index in [1.54, 1.807) is 6.20 Å². The van der Waals surface area contributed by atoms with Gasteiger partial charge in [0.15, 0.2) is 0 Å². The summed E-state index contributed by atoms with van der Waals surface area (Å²) in [6.07, 6.45) is 3.59. The number of rotatable bonds is 3. The van der Waals surface area contributed by atoms with Crippen LogP contribution in [0.5, 0.6) is 0 Å². The topological polar surface area (TPSA) is 59.2 Å². The Morgan fingerprint density at radius 1 is 0.966 bits per heavy atom. The normalized spacial score (nSPS) is 12.8. The first-order valence-electron chi connectivity index (χ1n) is 9.23. The predicted octanol–water partition coefficient (Wildman–Crippen LogP) is 4.40. The minimum atomic E-state index is 0.518. The SMILES string of the molecule is Cc1nnc2n1-c1ccc(Cl)cc1C(c1ccccc1)=NN2Cc1cccnc1. The Morgan fingerprint density at radius 3 is 2.62 bits per heavy atom. The zero-order valence-electron chi connectivity index (χ0n) is 15.7. The Bertz CT molecular complexity index is 1200. The lowest BCUT2D eigenvalue weighted by Crippen LogP contribution is -2.20. The summed E-state index contributed by atoms with van der Waals surface area (Å²) < 4.78 is 2.02. The summed E-state index contributed by atoms with van der Waals surface area (Å²) in [5.41, 5.74) is 4.74. The molecule has 0 unspecified atom stereocenters. The average Bonchev–Trinajstić information content (AvgIpc) is 3.07. The number of hydrogen-bond acceptors (Lipinski definition) is 5. The monoisotopic (exact) mass is 400 g/mol. The molecule has 142 valence electrons. The largest absolute Gasteiger partial charge is 0.264 e. The first-order chi connectivity index (χ1) is 14.2. The van der Waals surface area contributed by atoms with E-state index in [0.29, 0.717) is 17.5 Å². The molecule has 5 rings (SSSR count). The number of pyridine rings is 1. The Labute approximate surface area is 173 Å². The molecular weight excluding hydrogens is 384 g/mol. The molecule has 2 aromatic carbocycles. The molecule has 0 saturated heterocycles. The molecule has 2 aromatic heterocycles. The smallest absolute Gasteiger partial charge is 0.252 e. The molecule has 0 saturated carbocycles. The number of aromatic nitrogens is 4. The van der Waals surface area contributed by atoms with Crippen molar-refractivity contribution in [2.24, 2.45) is 5.10 Å². The molecule has 0 radical (unpaired) electrons. The highest BCUT2D eigenvalue weighted by Crippen LogP contribution is 2.32. The summed E-state index contributed by atoms with van der Waals surface area (Å²) in [5, 5.41) is 16.3. The fourth-order valence-electron chi connectivity index (χ4n) is 3.49. The maximum Gasteiger partial charge on any atom is 0.252 e. The van der Waals surface area contributed by atoms with Gasteiger partial charge in [-0.1, -0.05) is 48.0 Å². The summed E-state index contributed by atoms with van der Waals surface area (Å²) in [4.78, 5) is 4.23. The standard InChI is InChI=1S/C22H17ClN6/c1-15-25-26-22-28(14-16-6-5-11-24-13-16)27-21(17-7-3-2-4-8-17)19-12-18(23)9-10-20(19)29(15)22/h2-13H,14H2,1H3. The molecule has 0 amide bonds. The maximum absolute atomic E-state index is 6.37. The number of anilines is 1. The molecule has 3 heterocycles. The van der Waals surface area contributed by atoms with Crippen LogP contribution in [0.25, 0.3) is 5.69 Å². The van der Waals surface area contributed by atoms with Crippen LogP contribution in [-0.2, 0) is 6.54 Å². The molecule has 0 bridgehead atoms. The number of aryl methyl sites for hydroxylation is 1. The van der Waals surface area contributed by atoms with Gasteiger partial charge < -0.3 is 0 Å². The summed E-state index contributed by atoms with van der Waals surface area (Å²) in [7, 11) is 0. The van der Waals surface area contributed by atoms with E-state index in [1.165, 1.54) is 0 Å². The first kappa shape index (κ1) is 17.6. The Kier molecular flexibility index (Phi) is 4.33. The lowest BCUT2D eigenvalue weighted by Gasteiger charge is -2.17. The number of hydrazone groups is 1. The molecule has 7 heteroatoms. The van der Waals surface area contributed by atoms with Crippen LogP contribution in [0.15, 0.2) is 78.2 Å². The summed E-state index contributed by atoms with van der Waals surface area (Å²) in [6, 6.07) is 19.8. The highest BCUT2D eigenvalue weighted by atomic mass is 35.5. The molecule has 1 aliphatic rings. The van der Waals surface area contributed by atoms with Crippen molar-refractivity contribution in [3.8, 4) is 5.69 Å². The van der Waals surface area contributed by atoms with Crippen LogP contribution in [0, 0.1) is 6.92 Å². The number of hydrogen-bond donors (Lipinski definition) is 0. The van der Waals surface area contributed by atoms with E-state index in [4.69, 9.17) is 16.7 Å². The van der Waals surface area contributed by atoms with E-state index in [1.807, 2.05) is 83.4 Å². The van der Waals surface area contributed by atoms with Gasteiger partial charge >= 0.3 is 0 Å². The number of halogens is 1. The van der Waals surface area contributed by atoms with Crippen molar-refractivity contribution in [2.45, 2.75) is 13.5 Å². The van der Waals surface area contributed by atoms with Crippen LogP contribution < -0.4 is 5.01 Å². The highest BCUT2D eigenvalue weighted by molar-refractivity contribution is 6.31. The van der Waals surface area contributed by atoms with Crippen LogP contribution in [0.4, 0.5) is 5.95 Å². The highest BCUT2D eigenvalue weighted by Gasteiger charge is 2.26. The maximum atomic E-state index is 6.37. The second-order valence-electron chi connectivity index (χ2n) is 6.78. The van der Waals surface area contributed by atoms with E-state index in [0.717, 1.165) is 33.9 Å². The van der Waals surface area contributed by atoms with Crippen molar-refractivity contribution >= 4 is 23.3 Å². The molecule has 1 aliphatic heterocycles. The van der Waals surface area contributed by atoms with Gasteiger partial charge in [-0.2, -0.15) is 5.10 Å². The van der Waals surface area contributed by atoms with Gasteiger partial charge in [-0.3, -0.25) is 9.55 Å². The van der Waals surface area contributed by atoms with Crippen LogP contribution in [-0.4, -0.2) is 25.5 Å². The Morgan fingerprint density at radius 2 is 1.83 bits per heavy atom. The summed E-state index contributed by atoms with van der Waals surface area (Å²) in [5.74, 6) is 1.44. The second kappa shape index (κ2) is 7.14. The lowest BCUT2D eigenvalue weighted by molar-refractivity contribution is 0.793. The van der Waals surface area contributed by atoms with Crippen molar-refractivity contribution in [1.82, 2.24) is 19.7 Å². The zero-order valence-corrected chi connectivity index (χ0v) is 16.5. The molecule has 0 aliphatic carbocycles. The van der Waals surface area contributed by atoms with E-state index >= 15 is 0 Å². The fraction of sp³-hybridized carbons (Fsp3) is 0.0909. The number of benzene rings is 2. The number of fused-ring (bicyclic) bond motifs is 3. The molecule has 0 atom stereocenters. The van der Waals surface area contributed by atoms with Crippen molar-refractivity contribution in [3.63, 3.8) is 0 Å². The lowest BCUT2D eigenvalue weighted by atomic mass is 10.0. The van der Waals surface area contributed by atoms with Gasteiger partial charge in [0.2, 0.25) is 0 Å². The third kappa shape index (κ3) is 3.17. The fourth-order valence-corrected chi connectivity index (χ4v) is 3.66. The first-order valence-corrected chi connectivity index (χ1v) is 9.61.